The van der Waals surface area contributed by atoms with Gasteiger partial charge in [0, 0.05) is 31.5 Å². The number of aliphatic hydroxyl groups excluding tert-OH is 1. The highest BCUT2D eigenvalue weighted by molar-refractivity contribution is 5.84. The van der Waals surface area contributed by atoms with E-state index < -0.39 is 23.8 Å². The molecule has 0 spiro atoms. The van der Waals surface area contributed by atoms with Crippen molar-refractivity contribution in [2.45, 2.75) is 83.5 Å². The van der Waals surface area contributed by atoms with Crippen LogP contribution in [0.1, 0.15) is 76.3 Å². The first-order chi connectivity index (χ1) is 14.7. The van der Waals surface area contributed by atoms with Gasteiger partial charge in [0.05, 0.1) is 12.3 Å². The van der Waals surface area contributed by atoms with Gasteiger partial charge in [-0.25, -0.2) is 13.6 Å². The maximum Gasteiger partial charge on any atom is 0.410 e. The van der Waals surface area contributed by atoms with Gasteiger partial charge in [0.25, 0.3) is 0 Å². The largest absolute Gasteiger partial charge is 0.444 e. The summed E-state index contributed by atoms with van der Waals surface area (Å²) >= 11 is 0. The van der Waals surface area contributed by atoms with Crippen LogP contribution in [-0.4, -0.2) is 46.6 Å². The number of benzene rings is 1. The van der Waals surface area contributed by atoms with E-state index in [0.717, 1.165) is 11.8 Å². The number of oxime groups is 1. The van der Waals surface area contributed by atoms with E-state index in [9.17, 15) is 13.6 Å². The minimum atomic E-state index is -0.570. The molecule has 31 heavy (non-hydrogen) atoms. The second-order valence-corrected chi connectivity index (χ2v) is 9.33. The molecule has 0 aromatic heterocycles. The summed E-state index contributed by atoms with van der Waals surface area (Å²) in [5, 5.41) is 13.4. The molecule has 1 aromatic rings. The number of ether oxygens (including phenoxy) is 1. The van der Waals surface area contributed by atoms with Crippen molar-refractivity contribution in [3.8, 4) is 0 Å². The van der Waals surface area contributed by atoms with E-state index in [4.69, 9.17) is 14.7 Å². The van der Waals surface area contributed by atoms with Gasteiger partial charge < -0.3 is 19.6 Å². The van der Waals surface area contributed by atoms with E-state index in [-0.39, 0.29) is 23.7 Å². The first-order valence-corrected chi connectivity index (χ1v) is 10.9. The second-order valence-electron chi connectivity index (χ2n) is 9.33. The van der Waals surface area contributed by atoms with Crippen LogP contribution < -0.4 is 0 Å². The number of aliphatic hydroxyl groups is 1. The number of piperidine rings is 1. The van der Waals surface area contributed by atoms with Gasteiger partial charge in [0.1, 0.15) is 23.3 Å². The number of amides is 1. The third-order valence-electron chi connectivity index (χ3n) is 5.76. The molecule has 0 bridgehead atoms. The Kier molecular flexibility index (Phi) is 7.51. The van der Waals surface area contributed by atoms with Crippen LogP contribution in [0.4, 0.5) is 13.6 Å². The minimum Gasteiger partial charge on any atom is -0.444 e. The summed E-state index contributed by atoms with van der Waals surface area (Å²) in [5.74, 6) is -1.11. The molecular weight excluding hydrogens is 406 g/mol. The number of halogens is 2. The van der Waals surface area contributed by atoms with E-state index in [0.29, 0.717) is 57.2 Å². The molecule has 2 fully saturated rings. The first-order valence-electron chi connectivity index (χ1n) is 10.9. The summed E-state index contributed by atoms with van der Waals surface area (Å²) in [7, 11) is 0. The van der Waals surface area contributed by atoms with Crippen LogP contribution in [0.3, 0.4) is 0 Å². The van der Waals surface area contributed by atoms with Gasteiger partial charge in [-0.3, -0.25) is 0 Å². The molecule has 0 radical (unpaired) electrons. The number of carbonyl (C=O) groups is 1. The van der Waals surface area contributed by atoms with E-state index in [1.54, 1.807) is 4.90 Å². The van der Waals surface area contributed by atoms with Crippen LogP contribution in [0, 0.1) is 11.6 Å². The third-order valence-corrected chi connectivity index (χ3v) is 5.76. The lowest BCUT2D eigenvalue weighted by Gasteiger charge is -2.32. The van der Waals surface area contributed by atoms with Crippen molar-refractivity contribution in [1.82, 2.24) is 4.90 Å². The standard InChI is InChI=1S/C23H32F2N2O4/c1-23(2,3)30-22(29)27-10-8-18(9-11-27)31-26-17-6-4-15(5-7-17)19-13-20(24)16(14-28)12-21(19)25/h12-13,15,18,28H,4-11,14H2,1-3H3. The van der Waals surface area contributed by atoms with Crippen molar-refractivity contribution >= 4 is 11.8 Å². The first kappa shape index (κ1) is 23.4. The van der Waals surface area contributed by atoms with Crippen LogP contribution in [0.2, 0.25) is 0 Å². The van der Waals surface area contributed by atoms with E-state index in [1.165, 1.54) is 6.07 Å². The molecule has 6 nitrogen and oxygen atoms in total. The molecular formula is C23H32F2N2O4. The maximum atomic E-state index is 14.3. The molecule has 1 aliphatic carbocycles. The van der Waals surface area contributed by atoms with Gasteiger partial charge >= 0.3 is 6.09 Å². The van der Waals surface area contributed by atoms with Crippen LogP contribution >= 0.6 is 0 Å². The summed E-state index contributed by atoms with van der Waals surface area (Å²) in [5.41, 5.74) is 0.762. The number of rotatable bonds is 4. The summed E-state index contributed by atoms with van der Waals surface area (Å²) in [6, 6.07) is 2.30. The Morgan fingerprint density at radius 3 is 2.35 bits per heavy atom. The molecule has 1 saturated carbocycles. The van der Waals surface area contributed by atoms with E-state index in [1.807, 2.05) is 20.8 Å². The smallest absolute Gasteiger partial charge is 0.410 e. The predicted molar refractivity (Wildman–Crippen MR) is 113 cm³/mol. The molecule has 1 saturated heterocycles. The molecule has 1 heterocycles. The zero-order valence-corrected chi connectivity index (χ0v) is 18.5. The van der Waals surface area contributed by atoms with Gasteiger partial charge in [-0.1, -0.05) is 5.16 Å². The highest BCUT2D eigenvalue weighted by atomic mass is 19.1. The third kappa shape index (κ3) is 6.38. The van der Waals surface area contributed by atoms with Gasteiger partial charge in [0.2, 0.25) is 0 Å². The van der Waals surface area contributed by atoms with Crippen LogP contribution in [0.15, 0.2) is 17.3 Å². The number of hydrogen-bond donors (Lipinski definition) is 1. The Morgan fingerprint density at radius 2 is 1.77 bits per heavy atom. The monoisotopic (exact) mass is 438 g/mol. The van der Waals surface area contributed by atoms with Gasteiger partial charge in [-0.15, -0.1) is 0 Å². The zero-order valence-electron chi connectivity index (χ0n) is 18.5. The summed E-state index contributed by atoms with van der Waals surface area (Å²) in [4.78, 5) is 19.5. The van der Waals surface area contributed by atoms with Gasteiger partial charge in [0.15, 0.2) is 0 Å². The van der Waals surface area contributed by atoms with Crippen LogP contribution in [0.25, 0.3) is 0 Å². The van der Waals surface area contributed by atoms with Crippen molar-refractivity contribution in [1.29, 1.82) is 0 Å². The van der Waals surface area contributed by atoms with Gasteiger partial charge in [-0.2, -0.15) is 0 Å². The average molecular weight is 439 g/mol. The lowest BCUT2D eigenvalue weighted by atomic mass is 9.82. The highest BCUT2D eigenvalue weighted by Crippen LogP contribution is 2.34. The Bertz CT molecular complexity index is 805. The number of hydrogen-bond acceptors (Lipinski definition) is 5. The molecule has 0 atom stereocenters. The Balaban J connectivity index is 1.46. The van der Waals surface area contributed by atoms with Crippen molar-refractivity contribution in [3.63, 3.8) is 0 Å². The Morgan fingerprint density at radius 1 is 1.13 bits per heavy atom. The van der Waals surface area contributed by atoms with Crippen molar-refractivity contribution in [2.24, 2.45) is 5.16 Å². The fraction of sp³-hybridized carbons (Fsp3) is 0.652. The van der Waals surface area contributed by atoms with E-state index >= 15 is 0 Å². The van der Waals surface area contributed by atoms with Crippen molar-refractivity contribution < 1.29 is 28.3 Å². The SMILES string of the molecule is CC(C)(C)OC(=O)N1CCC(ON=C2CCC(c3cc(F)c(CO)cc3F)CC2)CC1. The molecule has 0 unspecified atom stereocenters. The molecule has 172 valence electrons. The van der Waals surface area contributed by atoms with Crippen LogP contribution in [0.5, 0.6) is 0 Å². The fourth-order valence-corrected chi connectivity index (χ4v) is 4.01. The van der Waals surface area contributed by atoms with Gasteiger partial charge in [-0.05, 0) is 70.1 Å². The molecule has 1 amide bonds. The second kappa shape index (κ2) is 9.94. The molecule has 1 N–H and O–H groups in total. The van der Waals surface area contributed by atoms with Crippen molar-refractivity contribution in [3.05, 3.63) is 34.9 Å². The minimum absolute atomic E-state index is 0.0228. The number of nitrogens with zero attached hydrogens (tertiary/aromatic N) is 2. The fourth-order valence-electron chi connectivity index (χ4n) is 4.01. The quantitative estimate of drug-likeness (QED) is 0.680. The molecule has 1 aromatic carbocycles. The molecule has 8 heteroatoms. The summed E-state index contributed by atoms with van der Waals surface area (Å²) in [6.45, 7) is 6.17. The topological polar surface area (TPSA) is 71.4 Å². The molecule has 1 aliphatic heterocycles. The Labute approximate surface area is 182 Å². The normalized spacial score (nSPS) is 20.5. The van der Waals surface area contributed by atoms with Crippen molar-refractivity contribution in [2.75, 3.05) is 13.1 Å². The highest BCUT2D eigenvalue weighted by Gasteiger charge is 2.28. The summed E-state index contributed by atoms with van der Waals surface area (Å²) in [6.07, 6.45) is 3.74. The van der Waals surface area contributed by atoms with E-state index in [2.05, 4.69) is 5.16 Å². The lowest BCUT2D eigenvalue weighted by Crippen LogP contribution is -2.43. The Hall–Kier alpha value is -2.22. The number of likely N-dealkylation sites (tertiary alicyclic amines) is 1. The van der Waals surface area contributed by atoms with Crippen LogP contribution in [-0.2, 0) is 16.2 Å². The number of carbonyl (C=O) groups excluding carboxylic acids is 1. The lowest BCUT2D eigenvalue weighted by molar-refractivity contribution is -0.0103. The predicted octanol–water partition coefficient (Wildman–Crippen LogP) is 4.89. The molecule has 2 aliphatic rings. The molecule has 3 rings (SSSR count). The maximum absolute atomic E-state index is 14.3. The zero-order chi connectivity index (χ0) is 22.6. The average Bonchev–Trinajstić information content (AvgIpc) is 2.73. The summed E-state index contributed by atoms with van der Waals surface area (Å²) < 4.78 is 33.6.